The van der Waals surface area contributed by atoms with Gasteiger partial charge in [0.1, 0.15) is 11.5 Å². The van der Waals surface area contributed by atoms with E-state index in [2.05, 4.69) is 9.71 Å². The summed E-state index contributed by atoms with van der Waals surface area (Å²) < 4.78 is 39.8. The van der Waals surface area contributed by atoms with Crippen LogP contribution in [0.15, 0.2) is 36.5 Å². The van der Waals surface area contributed by atoms with Gasteiger partial charge in [-0.15, -0.1) is 0 Å². The van der Waals surface area contributed by atoms with Crippen molar-refractivity contribution in [3.05, 3.63) is 59.2 Å². The second kappa shape index (κ2) is 9.42. The lowest BCUT2D eigenvalue weighted by Gasteiger charge is -2.34. The van der Waals surface area contributed by atoms with Crippen LogP contribution in [-0.2, 0) is 10.0 Å². The fourth-order valence-corrected chi connectivity index (χ4v) is 4.58. The number of hydrogen-bond acceptors (Lipinski definition) is 5. The van der Waals surface area contributed by atoms with Crippen molar-refractivity contribution >= 4 is 27.5 Å². The molecule has 0 atom stereocenters. The van der Waals surface area contributed by atoms with Crippen molar-refractivity contribution in [2.75, 3.05) is 36.7 Å². The highest BCUT2D eigenvalue weighted by atomic mass is 32.2. The number of piperazine rings is 1. The predicted octanol–water partition coefficient (Wildman–Crippen LogP) is 2.28. The number of aryl methyl sites for hydroxylation is 1. The lowest BCUT2D eigenvalue weighted by molar-refractivity contribution is 0.0532. The Bertz CT molecular complexity index is 1080. The largest absolute Gasteiger partial charge is 0.335 e. The Labute approximate surface area is 181 Å². The molecular formula is C21H25FN4O4S. The van der Waals surface area contributed by atoms with Crippen LogP contribution in [0.2, 0.25) is 0 Å². The van der Waals surface area contributed by atoms with Crippen molar-refractivity contribution in [3.8, 4) is 0 Å². The summed E-state index contributed by atoms with van der Waals surface area (Å²) in [5.74, 6) is -1.06. The van der Waals surface area contributed by atoms with Gasteiger partial charge in [0.05, 0.1) is 11.4 Å². The zero-order valence-electron chi connectivity index (χ0n) is 17.5. The van der Waals surface area contributed by atoms with E-state index in [9.17, 15) is 22.4 Å². The minimum absolute atomic E-state index is 0.0290. The number of benzene rings is 1. The van der Waals surface area contributed by atoms with Crippen molar-refractivity contribution in [2.24, 2.45) is 0 Å². The second-order valence-corrected chi connectivity index (χ2v) is 9.24. The van der Waals surface area contributed by atoms with E-state index in [1.54, 1.807) is 41.8 Å². The first-order valence-electron chi connectivity index (χ1n) is 10.0. The monoisotopic (exact) mass is 448 g/mol. The second-order valence-electron chi connectivity index (χ2n) is 7.39. The minimum Gasteiger partial charge on any atom is -0.335 e. The first kappa shape index (κ1) is 22.7. The van der Waals surface area contributed by atoms with E-state index in [-0.39, 0.29) is 23.3 Å². The topological polar surface area (TPSA) is 99.7 Å². The van der Waals surface area contributed by atoms with Crippen molar-refractivity contribution in [2.45, 2.75) is 20.3 Å². The Morgan fingerprint density at radius 3 is 2.29 bits per heavy atom. The van der Waals surface area contributed by atoms with E-state index >= 15 is 0 Å². The number of aromatic nitrogens is 1. The molecule has 0 unspecified atom stereocenters. The zero-order valence-corrected chi connectivity index (χ0v) is 18.3. The average Bonchev–Trinajstić information content (AvgIpc) is 2.74. The molecule has 2 amide bonds. The van der Waals surface area contributed by atoms with Crippen LogP contribution in [0.4, 0.5) is 10.1 Å². The number of rotatable bonds is 6. The Balaban J connectivity index is 1.63. The molecule has 8 nitrogen and oxygen atoms in total. The van der Waals surface area contributed by atoms with Gasteiger partial charge in [-0.25, -0.2) is 12.8 Å². The minimum atomic E-state index is -3.41. The third kappa shape index (κ3) is 5.57. The lowest BCUT2D eigenvalue weighted by atomic mass is 10.1. The number of amides is 2. The number of hydrogen-bond donors (Lipinski definition) is 1. The van der Waals surface area contributed by atoms with E-state index < -0.39 is 15.8 Å². The van der Waals surface area contributed by atoms with E-state index in [0.29, 0.717) is 49.4 Å². The highest BCUT2D eigenvalue weighted by Crippen LogP contribution is 2.20. The molecule has 1 aromatic carbocycles. The smallest absolute Gasteiger partial charge is 0.272 e. The summed E-state index contributed by atoms with van der Waals surface area (Å²) in [5, 5.41) is 0. The molecule has 0 spiro atoms. The van der Waals surface area contributed by atoms with Gasteiger partial charge in [0.2, 0.25) is 10.0 Å². The molecule has 10 heteroatoms. The molecule has 166 valence electrons. The third-order valence-corrected chi connectivity index (χ3v) is 6.48. The molecule has 1 fully saturated rings. The van der Waals surface area contributed by atoms with Crippen LogP contribution >= 0.6 is 0 Å². The van der Waals surface area contributed by atoms with Crippen LogP contribution in [0.5, 0.6) is 0 Å². The fourth-order valence-electron chi connectivity index (χ4n) is 3.38. The molecule has 0 aliphatic carbocycles. The highest BCUT2D eigenvalue weighted by Gasteiger charge is 2.26. The van der Waals surface area contributed by atoms with Gasteiger partial charge < -0.3 is 9.80 Å². The molecular weight excluding hydrogens is 423 g/mol. The Morgan fingerprint density at radius 2 is 1.71 bits per heavy atom. The Morgan fingerprint density at radius 1 is 1.06 bits per heavy atom. The Kier molecular flexibility index (Phi) is 6.89. The summed E-state index contributed by atoms with van der Waals surface area (Å²) in [6.45, 7) is 4.83. The van der Waals surface area contributed by atoms with Crippen LogP contribution in [0.1, 0.15) is 39.8 Å². The van der Waals surface area contributed by atoms with E-state index in [4.69, 9.17) is 0 Å². The number of halogens is 1. The summed E-state index contributed by atoms with van der Waals surface area (Å²) in [7, 11) is -3.41. The first-order chi connectivity index (χ1) is 14.7. The summed E-state index contributed by atoms with van der Waals surface area (Å²) in [6, 6.07) is 7.10. The van der Waals surface area contributed by atoms with Crippen molar-refractivity contribution in [1.82, 2.24) is 14.8 Å². The number of pyridine rings is 1. The maximum atomic E-state index is 13.3. The van der Waals surface area contributed by atoms with Gasteiger partial charge >= 0.3 is 0 Å². The van der Waals surface area contributed by atoms with Crippen LogP contribution in [0.3, 0.4) is 0 Å². The molecule has 31 heavy (non-hydrogen) atoms. The van der Waals surface area contributed by atoms with Gasteiger partial charge in [-0.2, -0.15) is 0 Å². The van der Waals surface area contributed by atoms with E-state index in [1.807, 2.05) is 0 Å². The maximum Gasteiger partial charge on any atom is 0.272 e. The Hall–Kier alpha value is -3.01. The summed E-state index contributed by atoms with van der Waals surface area (Å²) in [6.07, 6.45) is 1.76. The van der Waals surface area contributed by atoms with Crippen LogP contribution < -0.4 is 4.72 Å². The quantitative estimate of drug-likeness (QED) is 0.731. The van der Waals surface area contributed by atoms with Gasteiger partial charge in [0, 0.05) is 44.0 Å². The molecule has 2 aromatic rings. The van der Waals surface area contributed by atoms with E-state index in [1.165, 1.54) is 12.3 Å². The average molecular weight is 449 g/mol. The molecule has 0 saturated carbocycles. The van der Waals surface area contributed by atoms with Crippen LogP contribution in [0, 0.1) is 12.7 Å². The molecule has 1 aliphatic heterocycles. The maximum absolute atomic E-state index is 13.3. The van der Waals surface area contributed by atoms with Gasteiger partial charge in [-0.3, -0.25) is 19.3 Å². The van der Waals surface area contributed by atoms with Crippen LogP contribution in [0.25, 0.3) is 0 Å². The standard InChI is InChI=1S/C21H25FN4O4S/c1-3-12-31(29,30)24-18-5-4-16(13-15(18)2)20(27)25-8-10-26(11-9-25)21(28)19-14-17(22)6-7-23-19/h4-7,13-14,24H,3,8-12H2,1-2H3. The van der Waals surface area contributed by atoms with Gasteiger partial charge in [-0.1, -0.05) is 6.92 Å². The van der Waals surface area contributed by atoms with Gasteiger partial charge in [0.25, 0.3) is 11.8 Å². The first-order valence-corrected chi connectivity index (χ1v) is 11.7. The molecule has 2 heterocycles. The molecule has 1 aromatic heterocycles. The van der Waals surface area contributed by atoms with E-state index in [0.717, 1.165) is 6.07 Å². The number of nitrogens with zero attached hydrogens (tertiary/aromatic N) is 3. The number of sulfonamides is 1. The third-order valence-electron chi connectivity index (χ3n) is 5.01. The van der Waals surface area contributed by atoms with Gasteiger partial charge in [-0.05, 0) is 43.2 Å². The number of carbonyl (C=O) groups is 2. The molecule has 1 saturated heterocycles. The van der Waals surface area contributed by atoms with Crippen LogP contribution in [-0.4, -0.2) is 66.9 Å². The predicted molar refractivity (Wildman–Crippen MR) is 115 cm³/mol. The summed E-state index contributed by atoms with van der Waals surface area (Å²) >= 11 is 0. The van der Waals surface area contributed by atoms with Crippen molar-refractivity contribution in [1.29, 1.82) is 0 Å². The SMILES string of the molecule is CCCS(=O)(=O)Nc1ccc(C(=O)N2CCN(C(=O)c3cc(F)ccn3)CC2)cc1C. The number of nitrogens with one attached hydrogen (secondary N) is 1. The molecule has 1 N–H and O–H groups in total. The highest BCUT2D eigenvalue weighted by molar-refractivity contribution is 7.92. The summed E-state index contributed by atoms with van der Waals surface area (Å²) in [4.78, 5) is 32.4. The van der Waals surface area contributed by atoms with Gasteiger partial charge in [0.15, 0.2) is 0 Å². The number of carbonyl (C=O) groups excluding carboxylic acids is 2. The fraction of sp³-hybridized carbons (Fsp3) is 0.381. The lowest BCUT2D eigenvalue weighted by Crippen LogP contribution is -2.50. The summed E-state index contributed by atoms with van der Waals surface area (Å²) in [5.41, 5.74) is 1.58. The molecule has 1 aliphatic rings. The normalized spacial score (nSPS) is 14.4. The molecule has 3 rings (SSSR count). The van der Waals surface area contributed by atoms with Crippen molar-refractivity contribution < 1.29 is 22.4 Å². The number of anilines is 1. The zero-order chi connectivity index (χ0) is 22.6. The molecule has 0 bridgehead atoms. The van der Waals surface area contributed by atoms with Crippen molar-refractivity contribution in [3.63, 3.8) is 0 Å². The molecule has 0 radical (unpaired) electrons.